The van der Waals surface area contributed by atoms with Crippen molar-refractivity contribution >= 4 is 11.6 Å². The molecule has 0 saturated heterocycles. The Balaban J connectivity index is 1.84. The number of carbonyl (C=O) groups is 1. The van der Waals surface area contributed by atoms with Gasteiger partial charge in [-0.1, -0.05) is 12.1 Å². The quantitative estimate of drug-likeness (QED) is 0.798. The van der Waals surface area contributed by atoms with Gasteiger partial charge in [0.2, 0.25) is 5.89 Å². The van der Waals surface area contributed by atoms with Gasteiger partial charge in [-0.3, -0.25) is 4.79 Å². The number of fused-ring (bicyclic) bond motifs is 1. The van der Waals surface area contributed by atoms with Gasteiger partial charge in [0.15, 0.2) is 5.82 Å². The fourth-order valence-corrected chi connectivity index (χ4v) is 2.25. The van der Waals surface area contributed by atoms with Gasteiger partial charge in [0.05, 0.1) is 5.54 Å². The Labute approximate surface area is 133 Å². The molecular weight excluding hydrogens is 294 g/mol. The zero-order chi connectivity index (χ0) is 16.6. The second-order valence-electron chi connectivity index (χ2n) is 6.04. The molecule has 0 bridgehead atoms. The summed E-state index contributed by atoms with van der Waals surface area (Å²) in [5, 5.41) is 6.84. The summed E-state index contributed by atoms with van der Waals surface area (Å²) in [6.07, 6.45) is 4.24. The Bertz CT molecular complexity index is 862. The third kappa shape index (κ3) is 2.94. The monoisotopic (exact) mass is 313 g/mol. The van der Waals surface area contributed by atoms with Crippen LogP contribution in [0.5, 0.6) is 0 Å². The van der Waals surface area contributed by atoms with Gasteiger partial charge in [-0.15, -0.1) is 0 Å². The summed E-state index contributed by atoms with van der Waals surface area (Å²) >= 11 is 0. The van der Waals surface area contributed by atoms with Crippen LogP contribution in [0, 0.1) is 6.92 Å². The van der Waals surface area contributed by atoms with E-state index < -0.39 is 5.54 Å². The van der Waals surface area contributed by atoms with E-state index in [0.717, 1.165) is 11.2 Å². The molecule has 1 N–H and O–H groups in total. The van der Waals surface area contributed by atoms with Gasteiger partial charge in [0.1, 0.15) is 11.3 Å². The largest absolute Gasteiger partial charge is 0.339 e. The lowest BCUT2D eigenvalue weighted by Crippen LogP contribution is -2.42. The normalized spacial score (nSPS) is 11.8. The van der Waals surface area contributed by atoms with Gasteiger partial charge < -0.3 is 14.2 Å². The molecule has 23 heavy (non-hydrogen) atoms. The van der Waals surface area contributed by atoms with Crippen molar-refractivity contribution in [1.29, 1.82) is 0 Å². The highest BCUT2D eigenvalue weighted by Gasteiger charge is 2.29. The van der Waals surface area contributed by atoms with Gasteiger partial charge in [-0.05, 0) is 38.5 Å². The number of hydrogen-bond donors (Lipinski definition) is 1. The highest BCUT2D eigenvalue weighted by Crippen LogP contribution is 2.18. The van der Waals surface area contributed by atoms with Crippen LogP contribution in [0.4, 0.5) is 0 Å². The molecule has 3 aromatic rings. The van der Waals surface area contributed by atoms with E-state index in [4.69, 9.17) is 4.52 Å². The summed E-state index contributed by atoms with van der Waals surface area (Å²) in [5.74, 6) is 0.715. The van der Waals surface area contributed by atoms with Crippen molar-refractivity contribution < 1.29 is 9.32 Å². The molecule has 0 fully saturated rings. The van der Waals surface area contributed by atoms with E-state index in [2.05, 4.69) is 20.4 Å². The van der Waals surface area contributed by atoms with Gasteiger partial charge in [0.25, 0.3) is 5.91 Å². The van der Waals surface area contributed by atoms with Crippen LogP contribution < -0.4 is 5.32 Å². The Hall–Kier alpha value is -2.70. The standard InChI is InChI=1S/C16H19N5O2/c1-5-13-18-15(20-23-13)16(3,4)19-14(22)11-9-21-7-6-10(2)8-12(21)17-11/h6-9H,5H2,1-4H3,(H,19,22). The van der Waals surface area contributed by atoms with Crippen LogP contribution in [0.15, 0.2) is 29.0 Å². The third-order valence-corrected chi connectivity index (χ3v) is 3.60. The van der Waals surface area contributed by atoms with Crippen LogP contribution in [-0.2, 0) is 12.0 Å². The van der Waals surface area contributed by atoms with Gasteiger partial charge >= 0.3 is 0 Å². The van der Waals surface area contributed by atoms with E-state index in [9.17, 15) is 4.79 Å². The van der Waals surface area contributed by atoms with Crippen molar-refractivity contribution in [3.05, 3.63) is 47.5 Å². The summed E-state index contributed by atoms with van der Waals surface area (Å²) in [6, 6.07) is 3.89. The summed E-state index contributed by atoms with van der Waals surface area (Å²) in [5.41, 5.74) is 1.43. The zero-order valence-electron chi connectivity index (χ0n) is 13.6. The average Bonchev–Trinajstić information content (AvgIpc) is 3.13. The Morgan fingerprint density at radius 2 is 2.17 bits per heavy atom. The van der Waals surface area contributed by atoms with Crippen molar-refractivity contribution in [2.45, 2.75) is 39.7 Å². The van der Waals surface area contributed by atoms with E-state index in [1.807, 2.05) is 50.4 Å². The molecule has 0 atom stereocenters. The second kappa shape index (κ2) is 5.49. The Morgan fingerprint density at radius 1 is 1.39 bits per heavy atom. The fourth-order valence-electron chi connectivity index (χ4n) is 2.25. The maximum atomic E-state index is 12.5. The molecular formula is C16H19N5O2. The molecule has 1 amide bonds. The lowest BCUT2D eigenvalue weighted by atomic mass is 10.0. The summed E-state index contributed by atoms with van der Waals surface area (Å²) < 4.78 is 6.93. The van der Waals surface area contributed by atoms with Crippen molar-refractivity contribution in [1.82, 2.24) is 24.8 Å². The molecule has 0 aromatic carbocycles. The highest BCUT2D eigenvalue weighted by molar-refractivity contribution is 5.93. The first-order chi connectivity index (χ1) is 10.9. The molecule has 7 heteroatoms. The molecule has 7 nitrogen and oxygen atoms in total. The summed E-state index contributed by atoms with van der Waals surface area (Å²) in [6.45, 7) is 7.57. The number of aryl methyl sites for hydroxylation is 2. The molecule has 3 rings (SSSR count). The molecule has 0 spiro atoms. The predicted octanol–water partition coefficient (Wildman–Crippen LogP) is 2.25. The first-order valence-electron chi connectivity index (χ1n) is 7.50. The van der Waals surface area contributed by atoms with Crippen LogP contribution in [-0.4, -0.2) is 25.4 Å². The SMILES string of the molecule is CCc1nc(C(C)(C)NC(=O)c2cn3ccc(C)cc3n2)no1. The molecule has 0 unspecified atom stereocenters. The molecule has 0 aliphatic rings. The minimum Gasteiger partial charge on any atom is -0.339 e. The number of nitrogens with zero attached hydrogens (tertiary/aromatic N) is 4. The lowest BCUT2D eigenvalue weighted by molar-refractivity contribution is 0.0903. The van der Waals surface area contributed by atoms with E-state index in [0.29, 0.717) is 23.8 Å². The molecule has 3 aromatic heterocycles. The number of hydrogen-bond acceptors (Lipinski definition) is 5. The maximum absolute atomic E-state index is 12.5. The van der Waals surface area contributed by atoms with Crippen LogP contribution in [0.2, 0.25) is 0 Å². The number of pyridine rings is 1. The molecule has 0 radical (unpaired) electrons. The topological polar surface area (TPSA) is 85.3 Å². The van der Waals surface area contributed by atoms with Crippen molar-refractivity contribution in [3.8, 4) is 0 Å². The molecule has 0 aliphatic carbocycles. The minimum absolute atomic E-state index is 0.279. The van der Waals surface area contributed by atoms with E-state index in [1.54, 1.807) is 6.20 Å². The number of amides is 1. The molecule has 0 saturated carbocycles. The summed E-state index contributed by atoms with van der Waals surface area (Å²) in [4.78, 5) is 21.1. The predicted molar refractivity (Wildman–Crippen MR) is 84.1 cm³/mol. The number of nitrogens with one attached hydrogen (secondary N) is 1. The Kier molecular flexibility index (Phi) is 3.63. The molecule has 120 valence electrons. The van der Waals surface area contributed by atoms with Crippen molar-refractivity contribution in [2.75, 3.05) is 0 Å². The van der Waals surface area contributed by atoms with Gasteiger partial charge in [-0.2, -0.15) is 4.98 Å². The number of aromatic nitrogens is 4. The minimum atomic E-state index is -0.750. The first-order valence-corrected chi connectivity index (χ1v) is 7.50. The van der Waals surface area contributed by atoms with E-state index in [1.165, 1.54) is 0 Å². The maximum Gasteiger partial charge on any atom is 0.272 e. The number of rotatable bonds is 4. The van der Waals surface area contributed by atoms with Crippen LogP contribution >= 0.6 is 0 Å². The van der Waals surface area contributed by atoms with Crippen LogP contribution in [0.25, 0.3) is 5.65 Å². The van der Waals surface area contributed by atoms with Gasteiger partial charge in [-0.25, -0.2) is 4.98 Å². The first kappa shape index (κ1) is 15.2. The lowest BCUT2D eigenvalue weighted by Gasteiger charge is -2.21. The fraction of sp³-hybridized carbons (Fsp3) is 0.375. The average molecular weight is 313 g/mol. The molecule has 3 heterocycles. The number of imidazole rings is 1. The van der Waals surface area contributed by atoms with Crippen molar-refractivity contribution in [2.24, 2.45) is 0 Å². The second-order valence-corrected chi connectivity index (χ2v) is 6.04. The smallest absolute Gasteiger partial charge is 0.272 e. The van der Waals surface area contributed by atoms with Crippen LogP contribution in [0.3, 0.4) is 0 Å². The van der Waals surface area contributed by atoms with E-state index in [-0.39, 0.29) is 5.91 Å². The van der Waals surface area contributed by atoms with E-state index >= 15 is 0 Å². The van der Waals surface area contributed by atoms with Gasteiger partial charge in [0, 0.05) is 18.8 Å². The highest BCUT2D eigenvalue weighted by atomic mass is 16.5. The number of carbonyl (C=O) groups excluding carboxylic acids is 1. The van der Waals surface area contributed by atoms with Crippen molar-refractivity contribution in [3.63, 3.8) is 0 Å². The third-order valence-electron chi connectivity index (χ3n) is 3.60. The van der Waals surface area contributed by atoms with Crippen LogP contribution in [0.1, 0.15) is 48.5 Å². The zero-order valence-corrected chi connectivity index (χ0v) is 13.6. The Morgan fingerprint density at radius 3 is 2.87 bits per heavy atom. The molecule has 0 aliphatic heterocycles. The summed E-state index contributed by atoms with van der Waals surface area (Å²) in [7, 11) is 0.